The summed E-state index contributed by atoms with van der Waals surface area (Å²) in [5.74, 6) is -0.661. The second kappa shape index (κ2) is 7.01. The molecule has 126 valence electrons. The van der Waals surface area contributed by atoms with Crippen LogP contribution in [-0.2, 0) is 6.42 Å². The summed E-state index contributed by atoms with van der Waals surface area (Å²) in [5.41, 5.74) is 1.90. The van der Waals surface area contributed by atoms with E-state index < -0.39 is 5.97 Å². The Labute approximate surface area is 145 Å². The highest BCUT2D eigenvalue weighted by Crippen LogP contribution is 2.44. The van der Waals surface area contributed by atoms with E-state index in [0.717, 1.165) is 13.0 Å². The first-order valence-electron chi connectivity index (χ1n) is 7.67. The normalized spacial score (nSPS) is 13.2. The number of hydrogen-bond donors (Lipinski definition) is 1. The summed E-state index contributed by atoms with van der Waals surface area (Å²) >= 11 is 6.22. The molecular formula is C18H18ClNO4. The first-order chi connectivity index (χ1) is 11.6. The SMILES string of the molecule is COc1c(Cl)cc2c(c1C(=O)O)OCCN2CCc1ccccc1. The Morgan fingerprint density at radius 1 is 1.38 bits per heavy atom. The number of hydrogen-bond acceptors (Lipinski definition) is 4. The molecule has 1 heterocycles. The smallest absolute Gasteiger partial charge is 0.343 e. The third-order valence-corrected chi connectivity index (χ3v) is 4.33. The highest BCUT2D eigenvalue weighted by molar-refractivity contribution is 6.33. The molecule has 0 spiro atoms. The van der Waals surface area contributed by atoms with Gasteiger partial charge in [0.1, 0.15) is 12.2 Å². The predicted molar refractivity (Wildman–Crippen MR) is 92.8 cm³/mol. The van der Waals surface area contributed by atoms with Crippen molar-refractivity contribution in [3.05, 3.63) is 52.5 Å². The number of anilines is 1. The van der Waals surface area contributed by atoms with E-state index in [1.54, 1.807) is 6.07 Å². The van der Waals surface area contributed by atoms with E-state index in [0.29, 0.717) is 24.6 Å². The van der Waals surface area contributed by atoms with Crippen LogP contribution in [0.15, 0.2) is 36.4 Å². The summed E-state index contributed by atoms with van der Waals surface area (Å²) in [6, 6.07) is 11.9. The average Bonchev–Trinajstić information content (AvgIpc) is 2.59. The Balaban J connectivity index is 1.94. The minimum Gasteiger partial charge on any atom is -0.494 e. The fourth-order valence-corrected chi connectivity index (χ4v) is 3.17. The maximum absolute atomic E-state index is 11.7. The van der Waals surface area contributed by atoms with Crippen LogP contribution in [0.25, 0.3) is 0 Å². The molecule has 0 bridgehead atoms. The van der Waals surface area contributed by atoms with Gasteiger partial charge >= 0.3 is 5.97 Å². The number of benzene rings is 2. The average molecular weight is 348 g/mol. The minimum atomic E-state index is -1.12. The van der Waals surface area contributed by atoms with Crippen LogP contribution in [0.3, 0.4) is 0 Å². The topological polar surface area (TPSA) is 59.0 Å². The lowest BCUT2D eigenvalue weighted by Gasteiger charge is -2.32. The van der Waals surface area contributed by atoms with E-state index >= 15 is 0 Å². The van der Waals surface area contributed by atoms with Crippen molar-refractivity contribution in [3.8, 4) is 11.5 Å². The zero-order valence-corrected chi connectivity index (χ0v) is 14.0. The van der Waals surface area contributed by atoms with Crippen LogP contribution < -0.4 is 14.4 Å². The summed E-state index contributed by atoms with van der Waals surface area (Å²) in [6.07, 6.45) is 0.854. The molecule has 1 aliphatic rings. The second-order valence-corrected chi connectivity index (χ2v) is 5.90. The molecule has 0 radical (unpaired) electrons. The van der Waals surface area contributed by atoms with E-state index in [1.165, 1.54) is 12.7 Å². The van der Waals surface area contributed by atoms with Crippen molar-refractivity contribution in [2.24, 2.45) is 0 Å². The number of carboxylic acid groups (broad SMARTS) is 1. The molecule has 3 rings (SSSR count). The van der Waals surface area contributed by atoms with Crippen molar-refractivity contribution in [3.63, 3.8) is 0 Å². The summed E-state index contributed by atoms with van der Waals surface area (Å²) in [6.45, 7) is 1.86. The maximum atomic E-state index is 11.7. The first kappa shape index (κ1) is 16.5. The second-order valence-electron chi connectivity index (χ2n) is 5.49. The molecule has 0 aliphatic carbocycles. The van der Waals surface area contributed by atoms with Gasteiger partial charge < -0.3 is 19.5 Å². The third-order valence-electron chi connectivity index (χ3n) is 4.05. The van der Waals surface area contributed by atoms with Crippen LogP contribution in [0.5, 0.6) is 11.5 Å². The number of rotatable bonds is 5. The number of aromatic carboxylic acids is 1. The quantitative estimate of drug-likeness (QED) is 0.897. The van der Waals surface area contributed by atoms with Crippen LogP contribution in [0.2, 0.25) is 5.02 Å². The van der Waals surface area contributed by atoms with Crippen LogP contribution in [0, 0.1) is 0 Å². The molecule has 0 atom stereocenters. The third kappa shape index (κ3) is 3.12. The summed E-state index contributed by atoms with van der Waals surface area (Å²) in [4.78, 5) is 13.8. The molecule has 2 aromatic carbocycles. The maximum Gasteiger partial charge on any atom is 0.343 e. The molecule has 0 aromatic heterocycles. The standard InChI is InChI=1S/C18H18ClNO4/c1-23-16-13(19)11-14-17(15(16)18(21)22)24-10-9-20(14)8-7-12-5-3-2-4-6-12/h2-6,11H,7-10H2,1H3,(H,21,22). The van der Waals surface area contributed by atoms with Crippen molar-refractivity contribution < 1.29 is 19.4 Å². The number of halogens is 1. The molecule has 0 saturated heterocycles. The molecule has 0 amide bonds. The van der Waals surface area contributed by atoms with Crippen LogP contribution in [0.1, 0.15) is 15.9 Å². The van der Waals surface area contributed by atoms with Gasteiger partial charge in [0.05, 0.1) is 24.4 Å². The van der Waals surface area contributed by atoms with E-state index in [9.17, 15) is 9.90 Å². The largest absolute Gasteiger partial charge is 0.494 e. The van der Waals surface area contributed by atoms with Gasteiger partial charge in [-0.25, -0.2) is 4.79 Å². The lowest BCUT2D eigenvalue weighted by Crippen LogP contribution is -2.35. The van der Waals surface area contributed by atoms with E-state index in [2.05, 4.69) is 17.0 Å². The molecule has 24 heavy (non-hydrogen) atoms. The predicted octanol–water partition coefficient (Wildman–Crippen LogP) is 3.49. The van der Waals surface area contributed by atoms with Gasteiger partial charge in [0.25, 0.3) is 0 Å². The van der Waals surface area contributed by atoms with E-state index in [1.807, 2.05) is 18.2 Å². The lowest BCUT2D eigenvalue weighted by molar-refractivity contribution is 0.0688. The lowest BCUT2D eigenvalue weighted by atomic mass is 10.1. The Morgan fingerprint density at radius 2 is 2.12 bits per heavy atom. The molecule has 1 aliphatic heterocycles. The van der Waals surface area contributed by atoms with Gasteiger partial charge in [0.2, 0.25) is 0 Å². The Morgan fingerprint density at radius 3 is 2.79 bits per heavy atom. The number of nitrogens with zero attached hydrogens (tertiary/aromatic N) is 1. The molecule has 0 unspecified atom stereocenters. The Hall–Kier alpha value is -2.40. The number of ether oxygens (including phenoxy) is 2. The number of carbonyl (C=O) groups is 1. The van der Waals surface area contributed by atoms with Gasteiger partial charge in [0.15, 0.2) is 11.5 Å². The fraction of sp³-hybridized carbons (Fsp3) is 0.278. The minimum absolute atomic E-state index is 0.0237. The van der Waals surface area contributed by atoms with Gasteiger partial charge in [-0.1, -0.05) is 41.9 Å². The van der Waals surface area contributed by atoms with Crippen molar-refractivity contribution in [2.75, 3.05) is 31.7 Å². The Kier molecular flexibility index (Phi) is 4.81. The molecule has 6 heteroatoms. The monoisotopic (exact) mass is 347 g/mol. The highest BCUT2D eigenvalue weighted by Gasteiger charge is 2.29. The van der Waals surface area contributed by atoms with Crippen LogP contribution in [0.4, 0.5) is 5.69 Å². The summed E-state index contributed by atoms with van der Waals surface area (Å²) in [5, 5.41) is 9.80. The van der Waals surface area contributed by atoms with E-state index in [4.69, 9.17) is 21.1 Å². The van der Waals surface area contributed by atoms with Crippen molar-refractivity contribution >= 4 is 23.3 Å². The van der Waals surface area contributed by atoms with Gasteiger partial charge in [-0.05, 0) is 18.1 Å². The van der Waals surface area contributed by atoms with Crippen LogP contribution >= 0.6 is 11.6 Å². The number of methoxy groups -OCH3 is 1. The van der Waals surface area contributed by atoms with Crippen molar-refractivity contribution in [2.45, 2.75) is 6.42 Å². The molecular weight excluding hydrogens is 330 g/mol. The first-order valence-corrected chi connectivity index (χ1v) is 8.05. The molecule has 0 fully saturated rings. The Bertz CT molecular complexity index is 748. The number of fused-ring (bicyclic) bond motifs is 1. The zero-order valence-electron chi connectivity index (χ0n) is 13.3. The molecule has 5 nitrogen and oxygen atoms in total. The molecule has 2 aromatic rings. The van der Waals surface area contributed by atoms with Crippen molar-refractivity contribution in [1.29, 1.82) is 0 Å². The summed E-state index contributed by atoms with van der Waals surface area (Å²) in [7, 11) is 1.40. The van der Waals surface area contributed by atoms with Crippen LogP contribution in [-0.4, -0.2) is 37.9 Å². The van der Waals surface area contributed by atoms with Gasteiger partial charge in [-0.3, -0.25) is 0 Å². The molecule has 0 saturated carbocycles. The molecule has 1 N–H and O–H groups in total. The fourth-order valence-electron chi connectivity index (χ4n) is 2.90. The van der Waals surface area contributed by atoms with Gasteiger partial charge in [-0.2, -0.15) is 0 Å². The van der Waals surface area contributed by atoms with Gasteiger partial charge in [-0.15, -0.1) is 0 Å². The highest BCUT2D eigenvalue weighted by atomic mass is 35.5. The zero-order chi connectivity index (χ0) is 17.1. The van der Waals surface area contributed by atoms with Gasteiger partial charge in [0, 0.05) is 6.54 Å². The number of carboxylic acids is 1. The van der Waals surface area contributed by atoms with Crippen molar-refractivity contribution in [1.82, 2.24) is 0 Å². The summed E-state index contributed by atoms with van der Waals surface area (Å²) < 4.78 is 10.8. The van der Waals surface area contributed by atoms with E-state index in [-0.39, 0.29) is 16.3 Å².